The normalized spacial score (nSPS) is 15.8. The molecule has 35 heavy (non-hydrogen) atoms. The van der Waals surface area contributed by atoms with Crippen molar-refractivity contribution in [2.75, 3.05) is 7.11 Å². The Hall–Kier alpha value is -3.87. The number of fused-ring (bicyclic) bond motifs is 2. The molecular formula is C22H15F4N3O5S. The number of alkyl halides is 3. The van der Waals surface area contributed by atoms with E-state index in [0.717, 1.165) is 47.6 Å². The molecule has 1 aromatic heterocycles. The Morgan fingerprint density at radius 2 is 1.91 bits per heavy atom. The number of aromatic nitrogens is 1. The molecular weight excluding hydrogens is 494 g/mol. The molecule has 0 fully saturated rings. The fourth-order valence-electron chi connectivity index (χ4n) is 3.69. The molecule has 4 rings (SSSR count). The summed E-state index contributed by atoms with van der Waals surface area (Å²) in [7, 11) is 1.04. The molecule has 0 spiro atoms. The SMILES string of the molecule is COC(=O)NC(=O)CC1C(=O)N(Cc2nc3cc(C(F)(F)F)ccc3s2)C(=O)c2ccc(F)cc21. The van der Waals surface area contributed by atoms with Crippen LogP contribution in [0.5, 0.6) is 0 Å². The van der Waals surface area contributed by atoms with Gasteiger partial charge in [0.25, 0.3) is 5.91 Å². The average molecular weight is 509 g/mol. The van der Waals surface area contributed by atoms with Gasteiger partial charge in [0.05, 0.1) is 35.4 Å². The van der Waals surface area contributed by atoms with Crippen molar-refractivity contribution in [3.8, 4) is 0 Å². The second-order valence-electron chi connectivity index (χ2n) is 7.55. The zero-order valence-electron chi connectivity index (χ0n) is 17.8. The molecule has 1 atom stereocenters. The van der Waals surface area contributed by atoms with Crippen LogP contribution in [0.15, 0.2) is 36.4 Å². The molecule has 0 aliphatic carbocycles. The summed E-state index contributed by atoms with van der Waals surface area (Å²) < 4.78 is 57.7. The largest absolute Gasteiger partial charge is 0.453 e. The van der Waals surface area contributed by atoms with Crippen molar-refractivity contribution in [3.63, 3.8) is 0 Å². The van der Waals surface area contributed by atoms with E-state index in [0.29, 0.717) is 4.70 Å². The molecule has 1 aliphatic heterocycles. The van der Waals surface area contributed by atoms with E-state index in [1.807, 2.05) is 5.32 Å². The first-order valence-electron chi connectivity index (χ1n) is 9.97. The molecule has 1 aliphatic rings. The molecule has 0 saturated carbocycles. The zero-order chi connectivity index (χ0) is 25.5. The molecule has 2 heterocycles. The van der Waals surface area contributed by atoms with Gasteiger partial charge in [-0.15, -0.1) is 11.3 Å². The van der Waals surface area contributed by atoms with Gasteiger partial charge < -0.3 is 4.74 Å². The lowest BCUT2D eigenvalue weighted by molar-refractivity contribution is -0.137. The highest BCUT2D eigenvalue weighted by Crippen LogP contribution is 2.36. The first kappa shape index (κ1) is 24.3. The van der Waals surface area contributed by atoms with Crippen LogP contribution in [0.25, 0.3) is 10.2 Å². The van der Waals surface area contributed by atoms with Crippen LogP contribution in [0.4, 0.5) is 22.4 Å². The summed E-state index contributed by atoms with van der Waals surface area (Å²) in [5.41, 5.74) is -0.884. The first-order valence-corrected chi connectivity index (χ1v) is 10.8. The maximum atomic E-state index is 13.9. The third-order valence-corrected chi connectivity index (χ3v) is 6.32. The van der Waals surface area contributed by atoms with Crippen molar-refractivity contribution in [2.45, 2.75) is 25.1 Å². The maximum Gasteiger partial charge on any atom is 0.416 e. The van der Waals surface area contributed by atoms with E-state index < -0.39 is 53.7 Å². The zero-order valence-corrected chi connectivity index (χ0v) is 18.6. The topological polar surface area (TPSA) is 106 Å². The van der Waals surface area contributed by atoms with E-state index in [1.165, 1.54) is 12.1 Å². The number of thiazole rings is 1. The van der Waals surface area contributed by atoms with Gasteiger partial charge in [-0.3, -0.25) is 24.6 Å². The number of methoxy groups -OCH3 is 1. The fourth-order valence-corrected chi connectivity index (χ4v) is 4.62. The third kappa shape index (κ3) is 4.85. The number of alkyl carbamates (subject to hydrolysis) is 1. The molecule has 0 saturated heterocycles. The third-order valence-electron chi connectivity index (χ3n) is 5.30. The average Bonchev–Trinajstić information content (AvgIpc) is 3.20. The number of ether oxygens (including phenoxy) is 1. The predicted molar refractivity (Wildman–Crippen MR) is 114 cm³/mol. The monoisotopic (exact) mass is 509 g/mol. The minimum absolute atomic E-state index is 0.0182. The highest BCUT2D eigenvalue weighted by Gasteiger charge is 2.40. The molecule has 8 nitrogen and oxygen atoms in total. The van der Waals surface area contributed by atoms with Crippen molar-refractivity contribution in [1.29, 1.82) is 0 Å². The van der Waals surface area contributed by atoms with Gasteiger partial charge in [-0.2, -0.15) is 13.2 Å². The second kappa shape index (κ2) is 9.06. The number of amides is 4. The molecule has 1 N–H and O–H groups in total. The number of carbonyl (C=O) groups is 4. The van der Waals surface area contributed by atoms with Crippen molar-refractivity contribution >= 4 is 45.4 Å². The van der Waals surface area contributed by atoms with Crippen molar-refractivity contribution in [3.05, 3.63) is 63.9 Å². The van der Waals surface area contributed by atoms with Gasteiger partial charge in [0.15, 0.2) is 0 Å². The molecule has 182 valence electrons. The van der Waals surface area contributed by atoms with E-state index in [2.05, 4.69) is 9.72 Å². The van der Waals surface area contributed by atoms with E-state index in [-0.39, 0.29) is 28.2 Å². The van der Waals surface area contributed by atoms with Crippen molar-refractivity contribution in [1.82, 2.24) is 15.2 Å². The maximum absolute atomic E-state index is 13.9. The Morgan fingerprint density at radius 3 is 2.60 bits per heavy atom. The Kier molecular flexibility index (Phi) is 6.28. The number of hydrogen-bond donors (Lipinski definition) is 1. The lowest BCUT2D eigenvalue weighted by atomic mass is 9.86. The van der Waals surface area contributed by atoms with Crippen LogP contribution in [0.3, 0.4) is 0 Å². The molecule has 0 bridgehead atoms. The minimum Gasteiger partial charge on any atom is -0.453 e. The van der Waals surface area contributed by atoms with E-state index in [9.17, 15) is 36.7 Å². The van der Waals surface area contributed by atoms with Crippen LogP contribution in [0.2, 0.25) is 0 Å². The molecule has 2 aromatic carbocycles. The molecule has 0 radical (unpaired) electrons. The molecule has 3 aromatic rings. The lowest BCUT2D eigenvalue weighted by Gasteiger charge is -2.31. The van der Waals surface area contributed by atoms with E-state index in [4.69, 9.17) is 0 Å². The number of imide groups is 2. The number of carbonyl (C=O) groups excluding carboxylic acids is 4. The minimum atomic E-state index is -4.56. The summed E-state index contributed by atoms with van der Waals surface area (Å²) in [6, 6.07) is 6.18. The Bertz CT molecular complexity index is 1370. The van der Waals surface area contributed by atoms with Crippen LogP contribution in [-0.4, -0.2) is 40.8 Å². The molecule has 13 heteroatoms. The highest BCUT2D eigenvalue weighted by atomic mass is 32.1. The van der Waals surface area contributed by atoms with Gasteiger partial charge in [-0.05, 0) is 42.0 Å². The number of nitrogens with one attached hydrogen (secondary N) is 1. The highest BCUT2D eigenvalue weighted by molar-refractivity contribution is 7.18. The molecule has 4 amide bonds. The van der Waals surface area contributed by atoms with Gasteiger partial charge in [-0.1, -0.05) is 0 Å². The second-order valence-corrected chi connectivity index (χ2v) is 8.66. The van der Waals surface area contributed by atoms with Gasteiger partial charge in [-0.25, -0.2) is 14.2 Å². The molecule has 1 unspecified atom stereocenters. The van der Waals surface area contributed by atoms with Crippen LogP contribution in [0.1, 0.15) is 38.8 Å². The lowest BCUT2D eigenvalue weighted by Crippen LogP contribution is -2.45. The van der Waals surface area contributed by atoms with Gasteiger partial charge >= 0.3 is 12.3 Å². The van der Waals surface area contributed by atoms with Crippen LogP contribution in [0, 0.1) is 5.82 Å². The summed E-state index contributed by atoms with van der Waals surface area (Å²) in [4.78, 5) is 54.8. The number of nitrogens with zero attached hydrogens (tertiary/aromatic N) is 2. The van der Waals surface area contributed by atoms with Crippen molar-refractivity contribution in [2.24, 2.45) is 0 Å². The first-order chi connectivity index (χ1) is 16.5. The predicted octanol–water partition coefficient (Wildman–Crippen LogP) is 3.99. The Balaban J connectivity index is 1.66. The van der Waals surface area contributed by atoms with Crippen LogP contribution >= 0.6 is 11.3 Å². The Morgan fingerprint density at radius 1 is 1.17 bits per heavy atom. The summed E-state index contributed by atoms with van der Waals surface area (Å²) in [5, 5.41) is 2.09. The van der Waals surface area contributed by atoms with Gasteiger partial charge in [0.1, 0.15) is 10.8 Å². The summed E-state index contributed by atoms with van der Waals surface area (Å²) >= 11 is 1.000. The summed E-state index contributed by atoms with van der Waals surface area (Å²) in [6.07, 6.45) is -6.20. The van der Waals surface area contributed by atoms with E-state index in [1.54, 1.807) is 0 Å². The number of hydrogen-bond acceptors (Lipinski definition) is 7. The quantitative estimate of drug-likeness (QED) is 0.421. The van der Waals surface area contributed by atoms with Gasteiger partial charge in [0, 0.05) is 12.0 Å². The summed E-state index contributed by atoms with van der Waals surface area (Å²) in [6.45, 7) is -0.371. The number of benzene rings is 2. The summed E-state index contributed by atoms with van der Waals surface area (Å²) in [5.74, 6) is -4.54. The van der Waals surface area contributed by atoms with Crippen LogP contribution < -0.4 is 5.32 Å². The fraction of sp³-hybridized carbons (Fsp3) is 0.227. The van der Waals surface area contributed by atoms with Crippen molar-refractivity contribution < 1.29 is 41.5 Å². The standard InChI is InChI=1S/C22H15F4N3O5S/c1-34-21(33)28-17(30)8-14-13-7-11(23)3-4-12(13)19(31)29(20(14)32)9-18-27-15-6-10(22(24,25)26)2-5-16(15)35-18/h2-7,14H,8-9H2,1H3,(H,28,30,33). The van der Waals surface area contributed by atoms with E-state index >= 15 is 0 Å². The number of halogens is 4. The van der Waals surface area contributed by atoms with Crippen LogP contribution in [-0.2, 0) is 27.0 Å². The van der Waals surface area contributed by atoms with Gasteiger partial charge in [0.2, 0.25) is 11.8 Å². The smallest absolute Gasteiger partial charge is 0.416 e. The number of rotatable bonds is 4. The Labute approximate surface area is 198 Å².